The highest BCUT2D eigenvalue weighted by molar-refractivity contribution is 7.98. The summed E-state index contributed by atoms with van der Waals surface area (Å²) < 4.78 is 0. The van der Waals surface area contributed by atoms with Crippen LogP contribution in [0.5, 0.6) is 0 Å². The van der Waals surface area contributed by atoms with E-state index in [2.05, 4.69) is 29.5 Å². The summed E-state index contributed by atoms with van der Waals surface area (Å²) in [5.74, 6) is 1.10. The van der Waals surface area contributed by atoms with Crippen LogP contribution in [-0.2, 0) is 6.54 Å². The van der Waals surface area contributed by atoms with E-state index in [1.54, 1.807) is 6.20 Å². The molecule has 0 spiro atoms. The van der Waals surface area contributed by atoms with Gasteiger partial charge in [0, 0.05) is 30.1 Å². The molecule has 0 aliphatic rings. The number of pyridine rings is 1. The van der Waals surface area contributed by atoms with Crippen molar-refractivity contribution < 1.29 is 0 Å². The maximum atomic E-state index is 8.90. The maximum absolute atomic E-state index is 8.90. The van der Waals surface area contributed by atoms with E-state index in [1.807, 2.05) is 23.9 Å². The molecule has 3 nitrogen and oxygen atoms in total. The summed E-state index contributed by atoms with van der Waals surface area (Å²) in [5, 5.41) is 12.3. The first-order valence-electron chi connectivity index (χ1n) is 5.38. The predicted octanol–water partition coefficient (Wildman–Crippen LogP) is 2.18. The molecule has 16 heavy (non-hydrogen) atoms. The number of nitriles is 1. The van der Waals surface area contributed by atoms with Crippen LogP contribution in [0.2, 0.25) is 0 Å². The molecule has 1 atom stereocenters. The van der Waals surface area contributed by atoms with E-state index in [0.717, 1.165) is 24.3 Å². The van der Waals surface area contributed by atoms with Crippen molar-refractivity contribution in [2.75, 3.05) is 12.0 Å². The van der Waals surface area contributed by atoms with E-state index < -0.39 is 0 Å². The second-order valence-electron chi connectivity index (χ2n) is 3.56. The second kappa shape index (κ2) is 7.26. The third-order valence-electron chi connectivity index (χ3n) is 2.44. The SMILES string of the molecule is CCC(CSC)NCc1cccnc1C#N. The van der Waals surface area contributed by atoms with Crippen molar-refractivity contribution in [2.45, 2.75) is 25.9 Å². The molecule has 1 unspecified atom stereocenters. The standard InChI is InChI=1S/C12H17N3S/c1-3-11(9-16-2)15-8-10-5-4-6-14-12(10)7-13/h4-6,11,15H,3,8-9H2,1-2H3. The van der Waals surface area contributed by atoms with Crippen LogP contribution in [0.1, 0.15) is 24.6 Å². The molecule has 0 bridgehead atoms. The summed E-state index contributed by atoms with van der Waals surface area (Å²) >= 11 is 1.84. The summed E-state index contributed by atoms with van der Waals surface area (Å²) in [6.45, 7) is 2.89. The first kappa shape index (κ1) is 13.0. The average molecular weight is 235 g/mol. The highest BCUT2D eigenvalue weighted by atomic mass is 32.2. The Labute approximate surface area is 101 Å². The predicted molar refractivity (Wildman–Crippen MR) is 68.3 cm³/mol. The van der Waals surface area contributed by atoms with E-state index in [0.29, 0.717) is 11.7 Å². The number of thioether (sulfide) groups is 1. The van der Waals surface area contributed by atoms with E-state index >= 15 is 0 Å². The van der Waals surface area contributed by atoms with Crippen LogP contribution >= 0.6 is 11.8 Å². The number of nitrogens with zero attached hydrogens (tertiary/aromatic N) is 2. The topological polar surface area (TPSA) is 48.7 Å². The Balaban J connectivity index is 2.56. The Hall–Kier alpha value is -1.05. The Morgan fingerprint density at radius 1 is 1.62 bits per heavy atom. The van der Waals surface area contributed by atoms with E-state index in [9.17, 15) is 0 Å². The van der Waals surface area contributed by atoms with Gasteiger partial charge in [-0.3, -0.25) is 0 Å². The second-order valence-corrected chi connectivity index (χ2v) is 4.48. The fourth-order valence-corrected chi connectivity index (χ4v) is 2.21. The zero-order chi connectivity index (χ0) is 11.8. The molecule has 0 aliphatic carbocycles. The Bertz CT molecular complexity index is 360. The maximum Gasteiger partial charge on any atom is 0.144 e. The van der Waals surface area contributed by atoms with Crippen molar-refractivity contribution in [3.05, 3.63) is 29.6 Å². The molecule has 0 amide bonds. The number of nitrogens with one attached hydrogen (secondary N) is 1. The van der Waals surface area contributed by atoms with Crippen LogP contribution in [0.4, 0.5) is 0 Å². The lowest BCUT2D eigenvalue weighted by Gasteiger charge is -2.15. The van der Waals surface area contributed by atoms with Crippen molar-refractivity contribution in [3.63, 3.8) is 0 Å². The van der Waals surface area contributed by atoms with Gasteiger partial charge in [0.2, 0.25) is 0 Å². The Morgan fingerprint density at radius 2 is 2.44 bits per heavy atom. The van der Waals surface area contributed by atoms with Gasteiger partial charge in [0.15, 0.2) is 0 Å². The number of rotatable bonds is 6. The lowest BCUT2D eigenvalue weighted by Crippen LogP contribution is -2.30. The van der Waals surface area contributed by atoms with Crippen molar-refractivity contribution in [1.82, 2.24) is 10.3 Å². The molecule has 0 radical (unpaired) electrons. The van der Waals surface area contributed by atoms with Gasteiger partial charge in [0.25, 0.3) is 0 Å². The molecule has 1 heterocycles. The molecule has 1 N–H and O–H groups in total. The number of hydrogen-bond donors (Lipinski definition) is 1. The first-order valence-corrected chi connectivity index (χ1v) is 6.77. The molecule has 1 aromatic heterocycles. The normalized spacial score (nSPS) is 12.1. The molecule has 0 aromatic carbocycles. The van der Waals surface area contributed by atoms with E-state index in [4.69, 9.17) is 5.26 Å². The Kier molecular flexibility index (Phi) is 5.91. The van der Waals surface area contributed by atoms with Crippen LogP contribution in [0.25, 0.3) is 0 Å². The van der Waals surface area contributed by atoms with E-state index in [1.165, 1.54) is 0 Å². The third-order valence-corrected chi connectivity index (χ3v) is 3.17. The van der Waals surface area contributed by atoms with Crippen LogP contribution in [0.15, 0.2) is 18.3 Å². The summed E-state index contributed by atoms with van der Waals surface area (Å²) in [4.78, 5) is 4.04. The highest BCUT2D eigenvalue weighted by Crippen LogP contribution is 2.06. The molecular weight excluding hydrogens is 218 g/mol. The molecule has 4 heteroatoms. The zero-order valence-electron chi connectivity index (χ0n) is 9.73. The van der Waals surface area contributed by atoms with Crippen molar-refractivity contribution >= 4 is 11.8 Å². The molecule has 86 valence electrons. The quantitative estimate of drug-likeness (QED) is 0.821. The molecule has 0 fully saturated rings. The molecule has 0 aliphatic heterocycles. The van der Waals surface area contributed by atoms with Gasteiger partial charge in [-0.2, -0.15) is 17.0 Å². The minimum absolute atomic E-state index is 0.502. The summed E-state index contributed by atoms with van der Waals surface area (Å²) in [6.07, 6.45) is 4.86. The summed E-state index contributed by atoms with van der Waals surface area (Å²) in [6, 6.07) is 6.43. The van der Waals surface area contributed by atoms with Crippen LogP contribution in [-0.4, -0.2) is 23.0 Å². The van der Waals surface area contributed by atoms with Crippen LogP contribution < -0.4 is 5.32 Å². The third kappa shape index (κ3) is 3.84. The first-order chi connectivity index (χ1) is 7.81. The highest BCUT2D eigenvalue weighted by Gasteiger charge is 2.07. The molecule has 1 aromatic rings. The van der Waals surface area contributed by atoms with E-state index in [-0.39, 0.29) is 0 Å². The molecule has 0 saturated carbocycles. The van der Waals surface area contributed by atoms with Gasteiger partial charge >= 0.3 is 0 Å². The average Bonchev–Trinajstić information content (AvgIpc) is 2.34. The summed E-state index contributed by atoms with van der Waals surface area (Å²) in [7, 11) is 0. The van der Waals surface area contributed by atoms with Gasteiger partial charge in [-0.1, -0.05) is 13.0 Å². The monoisotopic (exact) mass is 235 g/mol. The van der Waals surface area contributed by atoms with Gasteiger partial charge in [0.05, 0.1) is 0 Å². The molecule has 1 rings (SSSR count). The fraction of sp³-hybridized carbons (Fsp3) is 0.500. The van der Waals surface area contributed by atoms with Crippen molar-refractivity contribution in [1.29, 1.82) is 5.26 Å². The summed E-state index contributed by atoms with van der Waals surface area (Å²) in [5.41, 5.74) is 1.50. The van der Waals surface area contributed by atoms with Gasteiger partial charge < -0.3 is 5.32 Å². The minimum Gasteiger partial charge on any atom is -0.309 e. The molecular formula is C12H17N3S. The zero-order valence-corrected chi connectivity index (χ0v) is 10.5. The Morgan fingerprint density at radius 3 is 3.06 bits per heavy atom. The van der Waals surface area contributed by atoms with Crippen LogP contribution in [0, 0.1) is 11.3 Å². The lowest BCUT2D eigenvalue weighted by molar-refractivity contribution is 0.540. The number of hydrogen-bond acceptors (Lipinski definition) is 4. The fourth-order valence-electron chi connectivity index (χ4n) is 1.46. The largest absolute Gasteiger partial charge is 0.309 e. The van der Waals surface area contributed by atoms with Gasteiger partial charge in [-0.25, -0.2) is 4.98 Å². The number of aromatic nitrogens is 1. The smallest absolute Gasteiger partial charge is 0.144 e. The minimum atomic E-state index is 0.502. The lowest BCUT2D eigenvalue weighted by atomic mass is 10.2. The van der Waals surface area contributed by atoms with Crippen LogP contribution in [0.3, 0.4) is 0 Å². The van der Waals surface area contributed by atoms with Gasteiger partial charge in [-0.15, -0.1) is 0 Å². The molecule has 0 saturated heterocycles. The van der Waals surface area contributed by atoms with Crippen molar-refractivity contribution in [3.8, 4) is 6.07 Å². The van der Waals surface area contributed by atoms with Crippen molar-refractivity contribution in [2.24, 2.45) is 0 Å². The van der Waals surface area contributed by atoms with Gasteiger partial charge in [-0.05, 0) is 18.7 Å². The van der Waals surface area contributed by atoms with Gasteiger partial charge in [0.1, 0.15) is 11.8 Å².